The zero-order valence-corrected chi connectivity index (χ0v) is 18.0. The number of fused-ring (bicyclic) bond motifs is 4. The summed E-state index contributed by atoms with van der Waals surface area (Å²) in [6.07, 6.45) is -1.07. The second kappa shape index (κ2) is 7.53. The molecule has 8 heteroatoms. The van der Waals surface area contributed by atoms with E-state index in [0.29, 0.717) is 0 Å². The number of benzene rings is 2. The first-order chi connectivity index (χ1) is 14.1. The van der Waals surface area contributed by atoms with Gasteiger partial charge in [-0.25, -0.2) is 9.69 Å². The van der Waals surface area contributed by atoms with Crippen molar-refractivity contribution in [1.82, 2.24) is 0 Å². The maximum atomic E-state index is 13.2. The SMILES string of the molecule is C[C@H]1O[C@@H]2[C@@H](Nc3ccccc3N2C(=O)OCc2ccccc2)c2sc(=S)sc21. The lowest BCUT2D eigenvalue weighted by atomic mass is 10.0. The zero-order chi connectivity index (χ0) is 20.0. The molecule has 2 aliphatic heterocycles. The van der Waals surface area contributed by atoms with Crippen LogP contribution in [0.15, 0.2) is 54.6 Å². The summed E-state index contributed by atoms with van der Waals surface area (Å²) in [6, 6.07) is 17.2. The standard InChI is InChI=1S/C21H18N2O3S3/c1-12-17-18(29-21(27)28-17)16-19(26-12)23(15-10-6-5-9-14(15)22-16)20(24)25-11-13-7-3-2-4-8-13/h2-10,12,16,19,22H,11H2,1H3/t12-,16+,19-/m1/s1. The molecular formula is C21H18N2O3S3. The normalized spacial score (nSPS) is 22.1. The number of para-hydroxylation sites is 2. The molecule has 0 aliphatic carbocycles. The largest absolute Gasteiger partial charge is 0.444 e. The fourth-order valence-corrected chi connectivity index (χ4v) is 6.60. The van der Waals surface area contributed by atoms with E-state index in [2.05, 4.69) is 5.32 Å². The fraction of sp³-hybridized carbons (Fsp3) is 0.238. The summed E-state index contributed by atoms with van der Waals surface area (Å²) < 4.78 is 12.8. The van der Waals surface area contributed by atoms with Gasteiger partial charge in [-0.15, -0.1) is 22.7 Å². The molecule has 29 heavy (non-hydrogen) atoms. The van der Waals surface area contributed by atoms with Gasteiger partial charge in [0.2, 0.25) is 0 Å². The van der Waals surface area contributed by atoms with Gasteiger partial charge in [-0.1, -0.05) is 54.7 Å². The maximum Gasteiger partial charge on any atom is 0.416 e. The second-order valence-electron chi connectivity index (χ2n) is 6.90. The Bertz CT molecular complexity index is 1110. The van der Waals surface area contributed by atoms with Crippen LogP contribution in [0.5, 0.6) is 0 Å². The Morgan fingerprint density at radius 1 is 1.14 bits per heavy atom. The monoisotopic (exact) mass is 442 g/mol. The molecule has 0 radical (unpaired) electrons. The van der Waals surface area contributed by atoms with Crippen LogP contribution >= 0.6 is 34.9 Å². The fourth-order valence-electron chi connectivity index (χ4n) is 3.73. The Balaban J connectivity index is 1.51. The van der Waals surface area contributed by atoms with Gasteiger partial charge in [0.25, 0.3) is 0 Å². The zero-order valence-electron chi connectivity index (χ0n) is 15.5. The quantitative estimate of drug-likeness (QED) is 0.474. The van der Waals surface area contributed by atoms with E-state index >= 15 is 0 Å². The Hall–Kier alpha value is -2.26. The van der Waals surface area contributed by atoms with Crippen LogP contribution in [0.1, 0.15) is 34.4 Å². The first kappa shape index (κ1) is 18.7. The Labute approximate surface area is 181 Å². The molecule has 0 fully saturated rings. The molecule has 0 saturated heterocycles. The number of nitrogens with zero attached hydrogens (tertiary/aromatic N) is 1. The molecule has 0 bridgehead atoms. The van der Waals surface area contributed by atoms with Crippen molar-refractivity contribution >= 4 is 52.4 Å². The summed E-state index contributed by atoms with van der Waals surface area (Å²) in [4.78, 5) is 17.1. The van der Waals surface area contributed by atoms with Crippen LogP contribution in [0, 0.1) is 3.14 Å². The van der Waals surface area contributed by atoms with E-state index in [9.17, 15) is 4.79 Å². The molecule has 2 aliphatic rings. The molecular weight excluding hydrogens is 424 g/mol. The minimum Gasteiger partial charge on any atom is -0.444 e. The smallest absolute Gasteiger partial charge is 0.416 e. The van der Waals surface area contributed by atoms with Crippen molar-refractivity contribution in [3.8, 4) is 0 Å². The summed E-state index contributed by atoms with van der Waals surface area (Å²) in [6.45, 7) is 2.21. The van der Waals surface area contributed by atoms with Gasteiger partial charge in [0.05, 0.1) is 22.4 Å². The van der Waals surface area contributed by atoms with Crippen LogP contribution in [0.3, 0.4) is 0 Å². The minimum atomic E-state index is -0.504. The van der Waals surface area contributed by atoms with Gasteiger partial charge in [0.1, 0.15) is 15.8 Å². The summed E-state index contributed by atoms with van der Waals surface area (Å²) in [7, 11) is 0. The van der Waals surface area contributed by atoms with Gasteiger partial charge in [-0.2, -0.15) is 0 Å². The van der Waals surface area contributed by atoms with Crippen LogP contribution in [-0.4, -0.2) is 12.3 Å². The number of anilines is 2. The number of amides is 1. The average Bonchev–Trinajstić information content (AvgIpc) is 3.14. The molecule has 3 heterocycles. The highest BCUT2D eigenvalue weighted by Gasteiger charge is 2.46. The van der Waals surface area contributed by atoms with Gasteiger partial charge >= 0.3 is 6.09 Å². The highest BCUT2D eigenvalue weighted by molar-refractivity contribution is 7.76. The van der Waals surface area contributed by atoms with E-state index in [1.165, 1.54) is 0 Å². The first-order valence-electron chi connectivity index (χ1n) is 9.26. The Morgan fingerprint density at radius 2 is 1.86 bits per heavy atom. The van der Waals surface area contributed by atoms with Crippen LogP contribution in [0.2, 0.25) is 0 Å². The molecule has 3 atom stereocenters. The summed E-state index contributed by atoms with van der Waals surface area (Å²) in [5, 5.41) is 3.54. The maximum absolute atomic E-state index is 13.2. The topological polar surface area (TPSA) is 50.8 Å². The van der Waals surface area contributed by atoms with Gasteiger partial charge in [0.15, 0.2) is 6.23 Å². The van der Waals surface area contributed by atoms with Crippen molar-refractivity contribution in [3.05, 3.63) is 73.1 Å². The second-order valence-corrected chi connectivity index (χ2v) is 10.2. The molecule has 2 aromatic carbocycles. The highest BCUT2D eigenvalue weighted by atomic mass is 32.2. The average molecular weight is 443 g/mol. The van der Waals surface area contributed by atoms with E-state index in [1.54, 1.807) is 27.6 Å². The lowest BCUT2D eigenvalue weighted by molar-refractivity contribution is -0.0275. The Kier molecular flexibility index (Phi) is 4.87. The Morgan fingerprint density at radius 3 is 2.69 bits per heavy atom. The molecule has 1 N–H and O–H groups in total. The number of nitrogens with one attached hydrogen (secondary N) is 1. The van der Waals surface area contributed by atoms with Crippen molar-refractivity contribution < 1.29 is 14.3 Å². The molecule has 0 unspecified atom stereocenters. The van der Waals surface area contributed by atoms with Crippen molar-refractivity contribution in [2.45, 2.75) is 31.9 Å². The van der Waals surface area contributed by atoms with Gasteiger partial charge < -0.3 is 14.8 Å². The summed E-state index contributed by atoms with van der Waals surface area (Å²) in [5.74, 6) is 0. The number of hydrogen-bond acceptors (Lipinski definition) is 7. The predicted molar refractivity (Wildman–Crippen MR) is 118 cm³/mol. The third-order valence-corrected chi connectivity index (χ3v) is 7.97. The summed E-state index contributed by atoms with van der Waals surface area (Å²) in [5.41, 5.74) is 2.57. The van der Waals surface area contributed by atoms with Crippen LogP contribution in [-0.2, 0) is 16.1 Å². The molecule has 5 rings (SSSR count). The molecule has 148 valence electrons. The molecule has 1 aromatic heterocycles. The van der Waals surface area contributed by atoms with Crippen molar-refractivity contribution in [2.24, 2.45) is 0 Å². The highest BCUT2D eigenvalue weighted by Crippen LogP contribution is 2.50. The lowest BCUT2D eigenvalue weighted by Gasteiger charge is -2.45. The van der Waals surface area contributed by atoms with Crippen molar-refractivity contribution in [3.63, 3.8) is 0 Å². The third-order valence-electron chi connectivity index (χ3n) is 5.04. The van der Waals surface area contributed by atoms with Crippen molar-refractivity contribution in [1.29, 1.82) is 0 Å². The third kappa shape index (κ3) is 3.36. The molecule has 5 nitrogen and oxygen atoms in total. The molecule has 0 saturated carbocycles. The lowest BCUT2D eigenvalue weighted by Crippen LogP contribution is -2.52. The van der Waals surface area contributed by atoms with E-state index in [4.69, 9.17) is 21.7 Å². The van der Waals surface area contributed by atoms with Crippen LogP contribution in [0.25, 0.3) is 0 Å². The minimum absolute atomic E-state index is 0.138. The van der Waals surface area contributed by atoms with E-state index in [1.807, 2.05) is 61.5 Å². The first-order valence-corrected chi connectivity index (χ1v) is 11.3. The van der Waals surface area contributed by atoms with Crippen molar-refractivity contribution in [2.75, 3.05) is 10.2 Å². The number of carbonyl (C=O) groups is 1. The van der Waals surface area contributed by atoms with Crippen LogP contribution in [0.4, 0.5) is 16.2 Å². The molecule has 1 amide bonds. The van der Waals surface area contributed by atoms with E-state index in [0.717, 1.165) is 29.8 Å². The molecule has 0 spiro atoms. The van der Waals surface area contributed by atoms with E-state index in [-0.39, 0.29) is 18.8 Å². The summed E-state index contributed by atoms with van der Waals surface area (Å²) >= 11 is 8.61. The number of hydrogen-bond donors (Lipinski definition) is 1. The van der Waals surface area contributed by atoms with Crippen LogP contribution < -0.4 is 10.2 Å². The number of rotatable bonds is 2. The number of carbonyl (C=O) groups excluding carboxylic acids is 1. The number of ether oxygens (including phenoxy) is 2. The van der Waals surface area contributed by atoms with Gasteiger partial charge in [-0.3, -0.25) is 0 Å². The van der Waals surface area contributed by atoms with E-state index < -0.39 is 12.3 Å². The van der Waals surface area contributed by atoms with Gasteiger partial charge in [-0.05, 0) is 24.6 Å². The van der Waals surface area contributed by atoms with Gasteiger partial charge in [0, 0.05) is 4.88 Å². The predicted octanol–water partition coefficient (Wildman–Crippen LogP) is 6.27. The molecule has 3 aromatic rings.